The highest BCUT2D eigenvalue weighted by molar-refractivity contribution is 6.20. The number of halogens is 3. The van der Waals surface area contributed by atoms with Gasteiger partial charge in [-0.1, -0.05) is 6.07 Å². The molecule has 2 N–H and O–H groups in total. The van der Waals surface area contributed by atoms with Crippen molar-refractivity contribution in [3.8, 4) is 5.75 Å². The Kier molecular flexibility index (Phi) is 5.59. The molecule has 2 aliphatic rings. The molecule has 2 aliphatic heterocycles. The first-order valence-corrected chi connectivity index (χ1v) is 9.81. The van der Waals surface area contributed by atoms with Crippen LogP contribution in [-0.2, 0) is 4.79 Å². The molecule has 1 amide bonds. The molecule has 0 radical (unpaired) electrons. The lowest BCUT2D eigenvalue weighted by Crippen LogP contribution is -2.52. The zero-order valence-electron chi connectivity index (χ0n) is 16.0. The van der Waals surface area contributed by atoms with E-state index in [2.05, 4.69) is 25.3 Å². The zero-order chi connectivity index (χ0) is 22.1. The van der Waals surface area contributed by atoms with Crippen LogP contribution in [0.15, 0.2) is 71.2 Å². The molecule has 8 nitrogen and oxygen atoms in total. The molecule has 0 aliphatic carbocycles. The van der Waals surface area contributed by atoms with Gasteiger partial charge in [-0.3, -0.25) is 4.79 Å². The highest BCUT2D eigenvalue weighted by atomic mass is 35.5. The fraction of sp³-hybridized carbons (Fsp3) is 0.300. The largest absolute Gasteiger partial charge is 0.487 e. The van der Waals surface area contributed by atoms with Crippen LogP contribution in [0.1, 0.15) is 12.8 Å². The van der Waals surface area contributed by atoms with E-state index in [1.807, 2.05) is 0 Å². The van der Waals surface area contributed by atoms with Crippen molar-refractivity contribution in [2.75, 3.05) is 10.2 Å². The lowest BCUT2D eigenvalue weighted by atomic mass is 10.0. The number of alkyl halides is 3. The number of aromatic nitrogens is 1. The topological polar surface area (TPSA) is 99.4 Å². The molecule has 2 aromatic rings. The first kappa shape index (κ1) is 21.1. The lowest BCUT2D eigenvalue weighted by Gasteiger charge is -2.35. The summed E-state index contributed by atoms with van der Waals surface area (Å²) >= 11 is 4.75. The first-order valence-electron chi connectivity index (χ1n) is 9.43. The van der Waals surface area contributed by atoms with Crippen LogP contribution in [-0.4, -0.2) is 39.4 Å². The van der Waals surface area contributed by atoms with Crippen LogP contribution in [0.2, 0.25) is 0 Å². The molecule has 1 aromatic heterocycles. The number of ether oxygens (including phenoxy) is 1. The summed E-state index contributed by atoms with van der Waals surface area (Å²) in [7, 11) is 0. The van der Waals surface area contributed by atoms with Crippen LogP contribution in [0.4, 0.5) is 20.3 Å². The summed E-state index contributed by atoms with van der Waals surface area (Å²) in [5.41, 5.74) is -4.99. The van der Waals surface area contributed by atoms with E-state index in [1.165, 1.54) is 36.5 Å². The van der Waals surface area contributed by atoms with Gasteiger partial charge < -0.3 is 20.1 Å². The Hall–Kier alpha value is -3.11. The number of nitrogens with zero attached hydrogens (tertiary/aromatic N) is 4. The predicted octanol–water partition coefficient (Wildman–Crippen LogP) is 3.89. The van der Waals surface area contributed by atoms with Gasteiger partial charge in [-0.05, 0) is 55.3 Å². The van der Waals surface area contributed by atoms with E-state index in [1.54, 1.807) is 29.3 Å². The van der Waals surface area contributed by atoms with E-state index < -0.39 is 23.4 Å². The predicted molar refractivity (Wildman–Crippen MR) is 109 cm³/mol. The number of pyridine rings is 1. The smallest absolute Gasteiger partial charge is 0.420 e. The molecule has 0 saturated carbocycles. The Balaban J connectivity index is 1.54. The summed E-state index contributed by atoms with van der Waals surface area (Å²) in [5.74, 6) is 0.0313. The van der Waals surface area contributed by atoms with Gasteiger partial charge >= 0.3 is 5.57 Å². The van der Waals surface area contributed by atoms with E-state index in [4.69, 9.17) is 11.6 Å². The maximum absolute atomic E-state index is 13.1. The number of nitrogens with one attached hydrogen (secondary N) is 1. The second-order valence-electron chi connectivity index (χ2n) is 7.08. The minimum atomic E-state index is -3.82. The maximum atomic E-state index is 13.1. The number of hydrogen-bond acceptors (Lipinski definition) is 7. The molecule has 3 heterocycles. The molecule has 31 heavy (non-hydrogen) atoms. The molecule has 1 fully saturated rings. The average Bonchev–Trinajstić information content (AvgIpc) is 3.36. The summed E-state index contributed by atoms with van der Waals surface area (Å²) in [4.78, 5) is 19.1. The van der Waals surface area contributed by atoms with Gasteiger partial charge in [-0.2, -0.15) is 5.11 Å². The molecular weight excluding hydrogens is 432 g/mol. The quantitative estimate of drug-likeness (QED) is 0.652. The van der Waals surface area contributed by atoms with Gasteiger partial charge in [0.1, 0.15) is 17.6 Å². The number of hydrogen-bond donors (Lipinski definition) is 2. The van der Waals surface area contributed by atoms with Crippen LogP contribution in [0.5, 0.6) is 5.75 Å². The number of aliphatic hydroxyl groups is 1. The molecule has 0 bridgehead atoms. The van der Waals surface area contributed by atoms with Crippen LogP contribution < -0.4 is 15.0 Å². The third-order valence-electron chi connectivity index (χ3n) is 5.05. The fourth-order valence-electron chi connectivity index (χ4n) is 3.76. The minimum absolute atomic E-state index is 0.144. The number of anilines is 2. The molecule has 162 valence electrons. The van der Waals surface area contributed by atoms with Crippen molar-refractivity contribution in [2.24, 2.45) is 10.2 Å². The van der Waals surface area contributed by atoms with Gasteiger partial charge in [0.15, 0.2) is 0 Å². The lowest BCUT2D eigenvalue weighted by molar-refractivity contribution is -0.117. The Morgan fingerprint density at radius 1 is 1.26 bits per heavy atom. The summed E-state index contributed by atoms with van der Waals surface area (Å²) in [6.45, 7) is 0. The Morgan fingerprint density at radius 2 is 2.03 bits per heavy atom. The molecule has 1 saturated heterocycles. The molecule has 4 rings (SSSR count). The van der Waals surface area contributed by atoms with Crippen molar-refractivity contribution in [1.82, 2.24) is 4.98 Å². The number of benzene rings is 1. The van der Waals surface area contributed by atoms with Gasteiger partial charge in [0.05, 0.1) is 12.2 Å². The Morgan fingerprint density at radius 3 is 2.65 bits per heavy atom. The highest BCUT2D eigenvalue weighted by Crippen LogP contribution is 2.38. The molecule has 0 spiro atoms. The molecule has 0 unspecified atom stereocenters. The summed E-state index contributed by atoms with van der Waals surface area (Å²) in [6, 6.07) is 9.49. The van der Waals surface area contributed by atoms with E-state index >= 15 is 0 Å². The molecule has 1 aromatic carbocycles. The number of carbonyl (C=O) groups is 1. The SMILES string of the molecule is O=C(Nc1ccc(OC(F)(F)Cl)cc1)[C@H]1CC[C@H]([C@]2(O)C=CN=N2)N1c1ccccn1. The third kappa shape index (κ3) is 4.64. The highest BCUT2D eigenvalue weighted by Gasteiger charge is 2.49. The van der Waals surface area contributed by atoms with Crippen LogP contribution in [0, 0.1) is 0 Å². The maximum Gasteiger partial charge on any atom is 0.487 e. The van der Waals surface area contributed by atoms with Crippen LogP contribution >= 0.6 is 11.6 Å². The van der Waals surface area contributed by atoms with E-state index in [9.17, 15) is 18.7 Å². The number of rotatable bonds is 6. The van der Waals surface area contributed by atoms with E-state index in [-0.39, 0.29) is 11.7 Å². The van der Waals surface area contributed by atoms with Gasteiger partial charge in [-0.15, -0.1) is 13.9 Å². The summed E-state index contributed by atoms with van der Waals surface area (Å²) in [6.07, 6.45) is 5.42. The number of amides is 1. The van der Waals surface area contributed by atoms with Gasteiger partial charge in [0.2, 0.25) is 11.6 Å². The molecular formula is C20H18ClF2N5O3. The van der Waals surface area contributed by atoms with Gasteiger partial charge in [0, 0.05) is 23.5 Å². The van der Waals surface area contributed by atoms with Gasteiger partial charge in [0.25, 0.3) is 0 Å². The van der Waals surface area contributed by atoms with Crippen molar-refractivity contribution in [3.05, 3.63) is 60.9 Å². The van der Waals surface area contributed by atoms with Crippen LogP contribution in [0.3, 0.4) is 0 Å². The summed E-state index contributed by atoms with van der Waals surface area (Å²) < 4.78 is 29.8. The molecule has 11 heteroatoms. The van der Waals surface area contributed by atoms with Crippen molar-refractivity contribution in [1.29, 1.82) is 0 Å². The van der Waals surface area contributed by atoms with Crippen molar-refractivity contribution in [3.63, 3.8) is 0 Å². The van der Waals surface area contributed by atoms with Crippen molar-refractivity contribution >= 4 is 29.0 Å². The second kappa shape index (κ2) is 8.20. The fourth-order valence-corrected chi connectivity index (χ4v) is 3.85. The van der Waals surface area contributed by atoms with Crippen molar-refractivity contribution < 1.29 is 23.4 Å². The normalized spacial score (nSPS) is 25.1. The number of azo groups is 1. The Labute approximate surface area is 181 Å². The number of carbonyl (C=O) groups excluding carboxylic acids is 1. The standard InChI is InChI=1S/C20H18ClF2N5O3/c21-20(22,23)31-14-6-4-13(5-7-14)26-18(29)15-8-9-16(19(30)10-12-25-27-19)28(15)17-3-1-2-11-24-17/h1-7,10-12,15-16,30H,8-9H2,(H,26,29)/t15-,16-,19-/m1/s1. The Bertz CT molecular complexity index is 986. The molecule has 3 atom stereocenters. The minimum Gasteiger partial charge on any atom is -0.420 e. The van der Waals surface area contributed by atoms with E-state index in [0.717, 1.165) is 0 Å². The average molecular weight is 450 g/mol. The zero-order valence-corrected chi connectivity index (χ0v) is 16.8. The monoisotopic (exact) mass is 449 g/mol. The van der Waals surface area contributed by atoms with Crippen LogP contribution in [0.25, 0.3) is 0 Å². The van der Waals surface area contributed by atoms with E-state index in [0.29, 0.717) is 24.3 Å². The third-order valence-corrected chi connectivity index (χ3v) is 5.13. The first-order chi connectivity index (χ1) is 14.8. The summed E-state index contributed by atoms with van der Waals surface area (Å²) in [5, 5.41) is 21.3. The van der Waals surface area contributed by atoms with Gasteiger partial charge in [-0.25, -0.2) is 4.98 Å². The van der Waals surface area contributed by atoms with Crippen molar-refractivity contribution in [2.45, 2.75) is 36.2 Å². The second-order valence-corrected chi connectivity index (χ2v) is 7.52.